The number of Topliss-reactive ketones (excluding diaryl/α,β-unsaturated/α-hetero) is 1. The number of fused-ring (bicyclic) bond motifs is 1. The number of nitrogens with zero attached hydrogens (tertiary/aromatic N) is 1. The molecule has 5 nitrogen and oxygen atoms in total. The van der Waals surface area contributed by atoms with E-state index in [1.165, 1.54) is 43.5 Å². The second-order valence-corrected chi connectivity index (χ2v) is 12.1. The normalized spacial score (nSPS) is 19.0. The molecule has 2 fully saturated rings. The monoisotopic (exact) mass is 642 g/mol. The van der Waals surface area contributed by atoms with Crippen LogP contribution in [0.15, 0.2) is 83.9 Å². The minimum absolute atomic E-state index is 0.129. The van der Waals surface area contributed by atoms with Gasteiger partial charge in [0.15, 0.2) is 29.1 Å². The topological polar surface area (TPSA) is 58.6 Å². The molecule has 1 saturated heterocycles. The van der Waals surface area contributed by atoms with Crippen LogP contribution < -0.4 is 10.1 Å². The number of carbonyl (C=O) groups is 2. The zero-order chi connectivity index (χ0) is 32.9. The maximum Gasteiger partial charge on any atom is 0.251 e. The zero-order valence-corrected chi connectivity index (χ0v) is 25.7. The third kappa shape index (κ3) is 7.97. The number of ketones is 1. The van der Waals surface area contributed by atoms with Gasteiger partial charge in [0, 0.05) is 29.3 Å². The molecule has 1 amide bonds. The van der Waals surface area contributed by atoms with Crippen molar-refractivity contribution in [2.45, 2.75) is 38.1 Å². The van der Waals surface area contributed by atoms with E-state index in [1.807, 2.05) is 24.3 Å². The van der Waals surface area contributed by atoms with Crippen molar-refractivity contribution in [3.8, 4) is 5.75 Å². The second-order valence-electron chi connectivity index (χ2n) is 12.1. The van der Waals surface area contributed by atoms with Crippen LogP contribution in [0.3, 0.4) is 0 Å². The van der Waals surface area contributed by atoms with E-state index in [2.05, 4.69) is 10.2 Å². The first-order chi connectivity index (χ1) is 22.7. The van der Waals surface area contributed by atoms with E-state index in [4.69, 9.17) is 4.74 Å². The van der Waals surface area contributed by atoms with Crippen LogP contribution in [0.1, 0.15) is 53.6 Å². The molecule has 0 radical (unpaired) electrons. The fraction of sp³-hybridized carbons (Fsp3) is 0.263. The van der Waals surface area contributed by atoms with E-state index in [9.17, 15) is 27.2 Å². The number of benzene rings is 4. The summed E-state index contributed by atoms with van der Waals surface area (Å²) < 4.78 is 60.9. The van der Waals surface area contributed by atoms with E-state index >= 15 is 0 Å². The molecule has 1 heterocycles. The first-order valence-electron chi connectivity index (χ1n) is 15.8. The number of likely N-dealkylation sites (tertiary alicyclic amines) is 1. The first-order valence-corrected chi connectivity index (χ1v) is 15.8. The van der Waals surface area contributed by atoms with Gasteiger partial charge in [-0.3, -0.25) is 14.5 Å². The van der Waals surface area contributed by atoms with Gasteiger partial charge in [0.05, 0.1) is 0 Å². The second kappa shape index (κ2) is 14.3. The van der Waals surface area contributed by atoms with Crippen LogP contribution in [-0.4, -0.2) is 48.9 Å². The lowest BCUT2D eigenvalue weighted by atomic mass is 9.83. The molecule has 0 atom stereocenters. The zero-order valence-electron chi connectivity index (χ0n) is 25.7. The van der Waals surface area contributed by atoms with Crippen LogP contribution in [0.5, 0.6) is 5.75 Å². The van der Waals surface area contributed by atoms with Crippen molar-refractivity contribution < 1.29 is 31.9 Å². The number of hydrogen-bond donors (Lipinski definition) is 1. The summed E-state index contributed by atoms with van der Waals surface area (Å²) in [4.78, 5) is 29.3. The van der Waals surface area contributed by atoms with Gasteiger partial charge in [-0.2, -0.15) is 0 Å². The van der Waals surface area contributed by atoms with Crippen LogP contribution in [0.25, 0.3) is 22.9 Å². The molecular weight excluding hydrogens is 608 g/mol. The summed E-state index contributed by atoms with van der Waals surface area (Å²) in [5.41, 5.74) is 1.48. The van der Waals surface area contributed by atoms with Gasteiger partial charge >= 0.3 is 0 Å². The number of ether oxygens (including phenoxy) is 1. The summed E-state index contributed by atoms with van der Waals surface area (Å²) in [5.74, 6) is -4.12. The Morgan fingerprint density at radius 3 is 1.96 bits per heavy atom. The van der Waals surface area contributed by atoms with Crippen LogP contribution >= 0.6 is 0 Å². The number of rotatable bonds is 8. The SMILES string of the molecule is O=C1/C(=C/c2ccc(F)c(F)c2)CC(NC(=O)c2ccc3cc(OCCN4CCCCC4)ccc3c2)C/C1=C\c1ccc(F)c(F)c1. The van der Waals surface area contributed by atoms with Gasteiger partial charge in [0.1, 0.15) is 12.4 Å². The van der Waals surface area contributed by atoms with Gasteiger partial charge in [0.25, 0.3) is 5.91 Å². The van der Waals surface area contributed by atoms with Crippen molar-refractivity contribution in [1.29, 1.82) is 0 Å². The molecule has 0 unspecified atom stereocenters. The van der Waals surface area contributed by atoms with Crippen LogP contribution in [0.2, 0.25) is 0 Å². The van der Waals surface area contributed by atoms with E-state index in [0.717, 1.165) is 60.4 Å². The Kier molecular flexibility index (Phi) is 9.82. The quantitative estimate of drug-likeness (QED) is 0.157. The standard InChI is InChI=1S/C38H34F4N2O3/c39-33-10-4-24(18-35(33)41)16-29-21-31(22-30(37(29)45)17-25-5-11-34(40)36(42)19-25)43-38(46)28-7-6-27-23-32(9-8-26(27)20-28)47-15-14-44-12-2-1-3-13-44/h4-11,16-20,23,31H,1-3,12-15,21-22H2,(H,43,46)/b29-16+,30-17+. The Morgan fingerprint density at radius 1 is 0.745 bits per heavy atom. The minimum atomic E-state index is -1.06. The highest BCUT2D eigenvalue weighted by molar-refractivity contribution is 6.14. The molecule has 242 valence electrons. The number of halogens is 4. The molecule has 1 aliphatic heterocycles. The van der Waals surface area contributed by atoms with Crippen LogP contribution in [0.4, 0.5) is 17.6 Å². The maximum atomic E-state index is 13.9. The molecule has 0 bridgehead atoms. The van der Waals surface area contributed by atoms with E-state index < -0.39 is 29.3 Å². The molecule has 1 saturated carbocycles. The van der Waals surface area contributed by atoms with Gasteiger partial charge in [-0.05, 0) is 121 Å². The molecule has 0 aromatic heterocycles. The molecule has 2 aliphatic rings. The van der Waals surface area contributed by atoms with Crippen molar-refractivity contribution >= 4 is 34.6 Å². The fourth-order valence-corrected chi connectivity index (χ4v) is 6.15. The van der Waals surface area contributed by atoms with Crippen molar-refractivity contribution in [2.75, 3.05) is 26.2 Å². The molecule has 6 rings (SSSR count). The summed E-state index contributed by atoms with van der Waals surface area (Å²) >= 11 is 0. The summed E-state index contributed by atoms with van der Waals surface area (Å²) in [7, 11) is 0. The Balaban J connectivity index is 1.19. The van der Waals surface area contributed by atoms with Crippen molar-refractivity contribution in [3.05, 3.63) is 124 Å². The summed E-state index contributed by atoms with van der Waals surface area (Å²) in [6.07, 6.45) is 6.91. The third-order valence-corrected chi connectivity index (χ3v) is 8.62. The van der Waals surface area contributed by atoms with Crippen LogP contribution in [0, 0.1) is 23.3 Å². The Bertz CT molecular complexity index is 1810. The molecule has 0 spiro atoms. The van der Waals surface area contributed by atoms with E-state index in [1.54, 1.807) is 12.1 Å². The van der Waals surface area contributed by atoms with E-state index in [0.29, 0.717) is 12.2 Å². The van der Waals surface area contributed by atoms with Gasteiger partial charge in [-0.25, -0.2) is 17.6 Å². The lowest BCUT2D eigenvalue weighted by molar-refractivity contribution is -0.113. The predicted octanol–water partition coefficient (Wildman–Crippen LogP) is 7.89. The Morgan fingerprint density at radius 2 is 1.34 bits per heavy atom. The average molecular weight is 643 g/mol. The number of hydrogen-bond acceptors (Lipinski definition) is 4. The first kappa shape index (κ1) is 32.2. The van der Waals surface area contributed by atoms with Crippen molar-refractivity contribution in [3.63, 3.8) is 0 Å². The summed E-state index contributed by atoms with van der Waals surface area (Å²) in [6.45, 7) is 3.72. The van der Waals surface area contributed by atoms with E-state index in [-0.39, 0.29) is 46.8 Å². The summed E-state index contributed by atoms with van der Waals surface area (Å²) in [6, 6.07) is 17.2. The third-order valence-electron chi connectivity index (χ3n) is 8.62. The molecule has 1 N–H and O–H groups in total. The van der Waals surface area contributed by atoms with Gasteiger partial charge in [0.2, 0.25) is 0 Å². The van der Waals surface area contributed by atoms with Crippen LogP contribution in [-0.2, 0) is 4.79 Å². The lowest BCUT2D eigenvalue weighted by Gasteiger charge is -2.27. The lowest BCUT2D eigenvalue weighted by Crippen LogP contribution is -2.39. The number of piperidine rings is 1. The molecule has 4 aromatic rings. The molecule has 9 heteroatoms. The van der Waals surface area contributed by atoms with Crippen molar-refractivity contribution in [2.24, 2.45) is 0 Å². The number of carbonyl (C=O) groups excluding carboxylic acids is 2. The summed E-state index contributed by atoms with van der Waals surface area (Å²) in [5, 5.41) is 4.78. The Hall–Kier alpha value is -4.76. The maximum absolute atomic E-state index is 13.9. The Labute approximate surface area is 270 Å². The smallest absolute Gasteiger partial charge is 0.251 e. The average Bonchev–Trinajstić information content (AvgIpc) is 3.07. The van der Waals surface area contributed by atoms with Gasteiger partial charge in [-0.1, -0.05) is 30.7 Å². The largest absolute Gasteiger partial charge is 0.492 e. The van der Waals surface area contributed by atoms with Gasteiger partial charge in [-0.15, -0.1) is 0 Å². The molecule has 1 aliphatic carbocycles. The van der Waals surface area contributed by atoms with Crippen molar-refractivity contribution in [1.82, 2.24) is 10.2 Å². The molecule has 4 aromatic carbocycles. The number of nitrogens with one attached hydrogen (secondary N) is 1. The highest BCUT2D eigenvalue weighted by Gasteiger charge is 2.29. The highest BCUT2D eigenvalue weighted by atomic mass is 19.2. The molecular formula is C38H34F4N2O3. The minimum Gasteiger partial charge on any atom is -0.492 e. The van der Waals surface area contributed by atoms with Gasteiger partial charge < -0.3 is 10.1 Å². The highest BCUT2D eigenvalue weighted by Crippen LogP contribution is 2.30. The fourth-order valence-electron chi connectivity index (χ4n) is 6.15. The predicted molar refractivity (Wildman–Crippen MR) is 174 cm³/mol. The number of amides is 1. The molecule has 47 heavy (non-hydrogen) atoms.